The van der Waals surface area contributed by atoms with E-state index in [1.807, 2.05) is 62.3 Å². The van der Waals surface area contributed by atoms with Crippen LogP contribution in [0, 0.1) is 0 Å². The average molecular weight is 476 g/mol. The Kier molecular flexibility index (Phi) is 7.95. The fraction of sp³-hybridized carbons (Fsp3) is 0.304. The van der Waals surface area contributed by atoms with Gasteiger partial charge in [-0.1, -0.05) is 17.4 Å². The van der Waals surface area contributed by atoms with Gasteiger partial charge in [-0.3, -0.25) is 9.69 Å². The van der Waals surface area contributed by atoms with Gasteiger partial charge in [-0.05, 0) is 63.0 Å². The predicted molar refractivity (Wildman–Crippen MR) is 131 cm³/mol. The van der Waals surface area contributed by atoms with Gasteiger partial charge >= 0.3 is 0 Å². The van der Waals surface area contributed by atoms with Gasteiger partial charge in [0.15, 0.2) is 16.6 Å². The summed E-state index contributed by atoms with van der Waals surface area (Å²) in [6.07, 6.45) is 3.36. The normalized spacial score (nSPS) is 12.4. The number of amides is 1. The fourth-order valence-electron chi connectivity index (χ4n) is 3.14. The molecule has 1 aromatic heterocycles. The van der Waals surface area contributed by atoms with Gasteiger partial charge in [0.1, 0.15) is 5.75 Å². The lowest BCUT2D eigenvalue weighted by atomic mass is 10.2. The van der Waals surface area contributed by atoms with Gasteiger partial charge in [0.2, 0.25) is 6.79 Å². The molecule has 3 aromatic rings. The van der Waals surface area contributed by atoms with Crippen molar-refractivity contribution in [1.82, 2.24) is 9.88 Å². The number of hydrogen-bond acceptors (Lipinski definition) is 7. The Labute approximate surface area is 197 Å². The summed E-state index contributed by atoms with van der Waals surface area (Å²) in [4.78, 5) is 21.6. The van der Waals surface area contributed by atoms with Crippen molar-refractivity contribution >= 4 is 51.1 Å². The molecule has 0 unspecified atom stereocenters. The van der Waals surface area contributed by atoms with Crippen LogP contribution < -0.4 is 19.1 Å². The number of carbonyl (C=O) groups excluding carboxylic acids is 1. The summed E-state index contributed by atoms with van der Waals surface area (Å²) in [7, 11) is 3.97. The first-order valence-electron chi connectivity index (χ1n) is 10.1. The molecule has 32 heavy (non-hydrogen) atoms. The van der Waals surface area contributed by atoms with E-state index < -0.39 is 0 Å². The SMILES string of the molecule is CCOc1ccc2nc(N(CCN(C)C)C(=O)C=Cc3ccc4c(c3)OCO4)sc2c1.Cl. The quantitative estimate of drug-likeness (QED) is 0.448. The number of benzene rings is 2. The molecule has 0 bridgehead atoms. The van der Waals surface area contributed by atoms with E-state index in [1.165, 1.54) is 11.3 Å². The molecule has 9 heteroatoms. The largest absolute Gasteiger partial charge is 0.494 e. The highest BCUT2D eigenvalue weighted by Gasteiger charge is 2.19. The zero-order valence-corrected chi connectivity index (χ0v) is 19.9. The molecule has 170 valence electrons. The van der Waals surface area contributed by atoms with Crippen LogP contribution in [0.5, 0.6) is 17.2 Å². The van der Waals surface area contributed by atoms with Crippen LogP contribution in [0.1, 0.15) is 12.5 Å². The third-order valence-electron chi connectivity index (χ3n) is 4.74. The number of aromatic nitrogens is 1. The fourth-order valence-corrected chi connectivity index (χ4v) is 4.16. The maximum atomic E-state index is 13.1. The average Bonchev–Trinajstić information content (AvgIpc) is 3.38. The summed E-state index contributed by atoms with van der Waals surface area (Å²) in [5.74, 6) is 2.09. The van der Waals surface area contributed by atoms with Gasteiger partial charge in [-0.2, -0.15) is 0 Å². The zero-order valence-electron chi connectivity index (χ0n) is 18.2. The Morgan fingerprint density at radius 2 is 1.97 bits per heavy atom. The minimum absolute atomic E-state index is 0. The molecule has 0 saturated carbocycles. The number of rotatable bonds is 8. The van der Waals surface area contributed by atoms with E-state index in [9.17, 15) is 4.79 Å². The van der Waals surface area contributed by atoms with E-state index in [0.29, 0.717) is 24.0 Å². The number of nitrogens with zero attached hydrogens (tertiary/aromatic N) is 3. The molecule has 0 saturated heterocycles. The topological polar surface area (TPSA) is 64.1 Å². The van der Waals surface area contributed by atoms with Crippen LogP contribution in [-0.2, 0) is 4.79 Å². The van der Waals surface area contributed by atoms with Gasteiger partial charge in [-0.25, -0.2) is 4.98 Å². The number of anilines is 1. The van der Waals surface area contributed by atoms with E-state index in [4.69, 9.17) is 19.2 Å². The summed E-state index contributed by atoms with van der Waals surface area (Å²) in [6, 6.07) is 11.4. The van der Waals surface area contributed by atoms with Crippen LogP contribution >= 0.6 is 23.7 Å². The number of thiazole rings is 1. The van der Waals surface area contributed by atoms with Crippen molar-refractivity contribution in [3.05, 3.63) is 48.0 Å². The van der Waals surface area contributed by atoms with Gasteiger partial charge < -0.3 is 19.1 Å². The molecule has 0 spiro atoms. The molecular formula is C23H26ClN3O4S. The number of fused-ring (bicyclic) bond motifs is 2. The maximum Gasteiger partial charge on any atom is 0.252 e. The van der Waals surface area contributed by atoms with Crippen LogP contribution in [-0.4, -0.2) is 56.4 Å². The number of carbonyl (C=O) groups is 1. The first-order valence-corrected chi connectivity index (χ1v) is 10.9. The van der Waals surface area contributed by atoms with Gasteiger partial charge in [-0.15, -0.1) is 12.4 Å². The molecule has 2 aromatic carbocycles. The lowest BCUT2D eigenvalue weighted by Crippen LogP contribution is -2.35. The molecule has 2 heterocycles. The van der Waals surface area contributed by atoms with E-state index in [2.05, 4.69) is 0 Å². The Hall–Kier alpha value is -2.81. The molecule has 0 radical (unpaired) electrons. The van der Waals surface area contributed by atoms with Crippen molar-refractivity contribution in [2.75, 3.05) is 45.5 Å². The standard InChI is InChI=1S/C23H25N3O4S.ClH/c1-4-28-17-7-8-18-21(14-17)31-23(24-18)26(12-11-25(2)3)22(27)10-6-16-5-9-19-20(13-16)30-15-29-19;/h5-10,13-14H,4,11-12,15H2,1-3H3;1H. The van der Waals surface area contributed by atoms with Crippen LogP contribution in [0.25, 0.3) is 16.3 Å². The van der Waals surface area contributed by atoms with Gasteiger partial charge in [0, 0.05) is 19.2 Å². The lowest BCUT2D eigenvalue weighted by molar-refractivity contribution is -0.114. The molecule has 7 nitrogen and oxygen atoms in total. The van der Waals surface area contributed by atoms with Crippen molar-refractivity contribution in [2.24, 2.45) is 0 Å². The van der Waals surface area contributed by atoms with E-state index in [-0.39, 0.29) is 25.1 Å². The first kappa shape index (κ1) is 23.8. The van der Waals surface area contributed by atoms with Gasteiger partial charge in [0.05, 0.1) is 16.8 Å². The van der Waals surface area contributed by atoms with Crippen LogP contribution in [0.3, 0.4) is 0 Å². The molecule has 0 fully saturated rings. The Balaban J connectivity index is 0.00000289. The van der Waals surface area contributed by atoms with Crippen molar-refractivity contribution in [2.45, 2.75) is 6.92 Å². The second-order valence-corrected chi connectivity index (χ2v) is 8.31. The summed E-state index contributed by atoms with van der Waals surface area (Å²) in [6.45, 7) is 4.05. The zero-order chi connectivity index (χ0) is 21.8. The van der Waals surface area contributed by atoms with E-state index in [1.54, 1.807) is 17.1 Å². The molecule has 1 amide bonds. The summed E-state index contributed by atoms with van der Waals surface area (Å²) in [5, 5.41) is 0.672. The summed E-state index contributed by atoms with van der Waals surface area (Å²) in [5.41, 5.74) is 1.72. The minimum atomic E-state index is -0.122. The molecule has 1 aliphatic rings. The smallest absolute Gasteiger partial charge is 0.252 e. The molecular weight excluding hydrogens is 450 g/mol. The third kappa shape index (κ3) is 5.51. The minimum Gasteiger partial charge on any atom is -0.494 e. The van der Waals surface area contributed by atoms with E-state index in [0.717, 1.165) is 33.8 Å². The Bertz CT molecular complexity index is 1120. The highest BCUT2D eigenvalue weighted by molar-refractivity contribution is 7.22. The molecule has 0 aliphatic carbocycles. The monoisotopic (exact) mass is 475 g/mol. The summed E-state index contributed by atoms with van der Waals surface area (Å²) < 4.78 is 17.3. The van der Waals surface area contributed by atoms with Crippen LogP contribution in [0.2, 0.25) is 0 Å². The molecule has 0 atom stereocenters. The lowest BCUT2D eigenvalue weighted by Gasteiger charge is -2.20. The van der Waals surface area contributed by atoms with Gasteiger partial charge in [0.25, 0.3) is 5.91 Å². The second-order valence-electron chi connectivity index (χ2n) is 7.30. The predicted octanol–water partition coefficient (Wildman–Crippen LogP) is 4.45. The molecule has 4 rings (SSSR count). The third-order valence-corrected chi connectivity index (χ3v) is 5.78. The number of hydrogen-bond donors (Lipinski definition) is 0. The maximum absolute atomic E-state index is 13.1. The first-order chi connectivity index (χ1) is 15.0. The second kappa shape index (κ2) is 10.7. The highest BCUT2D eigenvalue weighted by Crippen LogP contribution is 2.33. The van der Waals surface area contributed by atoms with Crippen molar-refractivity contribution in [1.29, 1.82) is 0 Å². The van der Waals surface area contributed by atoms with Crippen molar-refractivity contribution in [3.63, 3.8) is 0 Å². The number of ether oxygens (including phenoxy) is 3. The van der Waals surface area contributed by atoms with Crippen LogP contribution in [0.4, 0.5) is 5.13 Å². The summed E-state index contributed by atoms with van der Waals surface area (Å²) >= 11 is 1.49. The number of likely N-dealkylation sites (N-methyl/N-ethyl adjacent to an activating group) is 1. The van der Waals surface area contributed by atoms with Crippen molar-refractivity contribution < 1.29 is 19.0 Å². The highest BCUT2D eigenvalue weighted by atomic mass is 35.5. The van der Waals surface area contributed by atoms with E-state index >= 15 is 0 Å². The molecule has 0 N–H and O–H groups in total. The Morgan fingerprint density at radius 3 is 2.75 bits per heavy atom. The number of halogens is 1. The van der Waals surface area contributed by atoms with Crippen molar-refractivity contribution in [3.8, 4) is 17.2 Å². The van der Waals surface area contributed by atoms with Crippen LogP contribution in [0.15, 0.2) is 42.5 Å². The Morgan fingerprint density at radius 1 is 1.16 bits per heavy atom. The molecule has 1 aliphatic heterocycles.